The number of benzene rings is 1. The smallest absolute Gasteiger partial charge is 0.231 e. The summed E-state index contributed by atoms with van der Waals surface area (Å²) in [5, 5.41) is 0. The summed E-state index contributed by atoms with van der Waals surface area (Å²) in [5.41, 5.74) is 6.80. The van der Waals surface area contributed by atoms with E-state index in [0.717, 1.165) is 12.0 Å². The fraction of sp³-hybridized carbons (Fsp3) is 0.417. The summed E-state index contributed by atoms with van der Waals surface area (Å²) in [6, 6.07) is 4.92. The molecule has 1 aliphatic rings. The summed E-state index contributed by atoms with van der Waals surface area (Å²) in [5.74, 6) is -0.676. The van der Waals surface area contributed by atoms with Crippen LogP contribution in [-0.4, -0.2) is 19.0 Å². The van der Waals surface area contributed by atoms with Crippen molar-refractivity contribution in [2.24, 2.45) is 11.7 Å². The zero-order valence-electron chi connectivity index (χ0n) is 9.65. The molecule has 2 N–H and O–H groups in total. The molecule has 0 saturated carbocycles. The molecule has 94 valence electrons. The molecule has 0 fully saturated rings. The molecule has 1 aromatic carbocycles. The fourth-order valence-electron chi connectivity index (χ4n) is 2.00. The first-order valence-electron chi connectivity index (χ1n) is 5.44. The molecule has 2 rings (SSSR count). The Balaban J connectivity index is 0.00000144. The minimum atomic E-state index is -0.326. The van der Waals surface area contributed by atoms with Gasteiger partial charge in [0.2, 0.25) is 5.91 Å². The molecule has 17 heavy (non-hydrogen) atoms. The molecule has 1 atom stereocenters. The lowest BCUT2D eigenvalue weighted by Crippen LogP contribution is -2.37. The zero-order valence-corrected chi connectivity index (χ0v) is 10.5. The van der Waals surface area contributed by atoms with E-state index < -0.39 is 0 Å². The second-order valence-corrected chi connectivity index (χ2v) is 4.12. The molecular formula is C12H16ClFN2O. The van der Waals surface area contributed by atoms with Crippen LogP contribution in [0, 0.1) is 11.7 Å². The number of carbonyl (C=O) groups is 1. The molecule has 0 spiro atoms. The maximum absolute atomic E-state index is 13.6. The molecular weight excluding hydrogens is 243 g/mol. The maximum Gasteiger partial charge on any atom is 0.231 e. The van der Waals surface area contributed by atoms with Crippen molar-refractivity contribution in [3.8, 4) is 0 Å². The minimum Gasteiger partial charge on any atom is -0.330 e. The van der Waals surface area contributed by atoms with Crippen molar-refractivity contribution < 1.29 is 9.18 Å². The van der Waals surface area contributed by atoms with E-state index in [1.807, 2.05) is 6.07 Å². The number of amides is 1. The van der Waals surface area contributed by atoms with Crippen LogP contribution in [0.3, 0.4) is 0 Å². The van der Waals surface area contributed by atoms with Gasteiger partial charge in [0.1, 0.15) is 5.82 Å². The number of para-hydroxylation sites is 1. The highest BCUT2D eigenvalue weighted by Crippen LogP contribution is 2.31. The van der Waals surface area contributed by atoms with Crippen LogP contribution in [0.15, 0.2) is 18.2 Å². The van der Waals surface area contributed by atoms with Gasteiger partial charge in [0.15, 0.2) is 0 Å². The summed E-state index contributed by atoms with van der Waals surface area (Å²) in [6.07, 6.45) is 0.718. The highest BCUT2D eigenvalue weighted by atomic mass is 35.5. The van der Waals surface area contributed by atoms with Gasteiger partial charge in [0.05, 0.1) is 5.69 Å². The third-order valence-electron chi connectivity index (χ3n) is 2.99. The van der Waals surface area contributed by atoms with Gasteiger partial charge < -0.3 is 10.6 Å². The Labute approximate surface area is 106 Å². The topological polar surface area (TPSA) is 46.3 Å². The predicted molar refractivity (Wildman–Crippen MR) is 67.9 cm³/mol. The lowest BCUT2D eigenvalue weighted by atomic mass is 10.1. The standard InChI is InChI=1S/C12H15FN2O.ClH/c1-8(7-14)12(16)15-6-5-9-3-2-4-10(13)11(9)15;/h2-4,8H,5-7,14H2,1H3;1H. The Morgan fingerprint density at radius 3 is 2.94 bits per heavy atom. The van der Waals surface area contributed by atoms with Gasteiger partial charge in [-0.05, 0) is 18.1 Å². The second kappa shape index (κ2) is 5.47. The van der Waals surface area contributed by atoms with Gasteiger partial charge in [0.25, 0.3) is 0 Å². The second-order valence-electron chi connectivity index (χ2n) is 4.12. The van der Waals surface area contributed by atoms with Crippen molar-refractivity contribution in [3.63, 3.8) is 0 Å². The average molecular weight is 259 g/mol. The molecule has 0 aliphatic carbocycles. The number of anilines is 1. The zero-order chi connectivity index (χ0) is 11.7. The third-order valence-corrected chi connectivity index (χ3v) is 2.99. The summed E-state index contributed by atoms with van der Waals surface area (Å²) < 4.78 is 13.6. The molecule has 0 radical (unpaired) electrons. The quantitative estimate of drug-likeness (QED) is 0.878. The first-order valence-corrected chi connectivity index (χ1v) is 5.44. The predicted octanol–water partition coefficient (Wildman–Crippen LogP) is 1.73. The van der Waals surface area contributed by atoms with Gasteiger partial charge in [-0.15, -0.1) is 12.4 Å². The number of fused-ring (bicyclic) bond motifs is 1. The van der Waals surface area contributed by atoms with Crippen LogP contribution < -0.4 is 10.6 Å². The summed E-state index contributed by atoms with van der Waals surface area (Å²) in [6.45, 7) is 2.61. The third kappa shape index (κ3) is 2.42. The van der Waals surface area contributed by atoms with Crippen molar-refractivity contribution in [3.05, 3.63) is 29.6 Å². The van der Waals surface area contributed by atoms with E-state index in [1.54, 1.807) is 13.0 Å². The molecule has 0 bridgehead atoms. The van der Waals surface area contributed by atoms with Gasteiger partial charge in [0, 0.05) is 19.0 Å². The van der Waals surface area contributed by atoms with Crippen LogP contribution in [0.5, 0.6) is 0 Å². The Bertz CT molecular complexity index is 425. The van der Waals surface area contributed by atoms with E-state index in [1.165, 1.54) is 11.0 Å². The first-order chi connectivity index (χ1) is 7.65. The highest BCUT2D eigenvalue weighted by Gasteiger charge is 2.29. The van der Waals surface area contributed by atoms with Crippen molar-refractivity contribution in [1.82, 2.24) is 0 Å². The number of hydrogen-bond acceptors (Lipinski definition) is 2. The fourth-order valence-corrected chi connectivity index (χ4v) is 2.00. The van der Waals surface area contributed by atoms with Crippen molar-refractivity contribution in [2.45, 2.75) is 13.3 Å². The molecule has 0 saturated heterocycles. The number of carbonyl (C=O) groups excluding carboxylic acids is 1. The van der Waals surface area contributed by atoms with E-state index in [0.29, 0.717) is 18.8 Å². The van der Waals surface area contributed by atoms with Crippen LogP contribution in [0.1, 0.15) is 12.5 Å². The maximum atomic E-state index is 13.6. The summed E-state index contributed by atoms with van der Waals surface area (Å²) >= 11 is 0. The van der Waals surface area contributed by atoms with Gasteiger partial charge in [-0.1, -0.05) is 19.1 Å². The first kappa shape index (κ1) is 13.9. The van der Waals surface area contributed by atoms with E-state index in [9.17, 15) is 9.18 Å². The lowest BCUT2D eigenvalue weighted by Gasteiger charge is -2.21. The molecule has 1 amide bonds. The van der Waals surface area contributed by atoms with Gasteiger partial charge in [-0.3, -0.25) is 4.79 Å². The molecule has 1 aliphatic heterocycles. The molecule has 1 heterocycles. The van der Waals surface area contributed by atoms with Gasteiger partial charge in [-0.2, -0.15) is 0 Å². The summed E-state index contributed by atoms with van der Waals surface area (Å²) in [4.78, 5) is 13.5. The van der Waals surface area contributed by atoms with Crippen LogP contribution in [0.2, 0.25) is 0 Å². The number of halogens is 2. The molecule has 1 aromatic rings. The minimum absolute atomic E-state index is 0. The SMILES string of the molecule is CC(CN)C(=O)N1CCc2cccc(F)c21.Cl. The van der Waals surface area contributed by atoms with E-state index in [-0.39, 0.29) is 30.0 Å². The number of nitrogens with two attached hydrogens (primary N) is 1. The Kier molecular flexibility index (Phi) is 4.48. The van der Waals surface area contributed by atoms with E-state index in [4.69, 9.17) is 5.73 Å². The largest absolute Gasteiger partial charge is 0.330 e. The number of rotatable bonds is 2. The van der Waals surface area contributed by atoms with Crippen LogP contribution in [0.4, 0.5) is 10.1 Å². The van der Waals surface area contributed by atoms with E-state index >= 15 is 0 Å². The average Bonchev–Trinajstić information content (AvgIpc) is 2.72. The Morgan fingerprint density at radius 2 is 2.29 bits per heavy atom. The molecule has 5 heteroatoms. The molecule has 0 aromatic heterocycles. The number of nitrogens with zero attached hydrogens (tertiary/aromatic N) is 1. The lowest BCUT2D eigenvalue weighted by molar-refractivity contribution is -0.121. The van der Waals surface area contributed by atoms with Crippen molar-refractivity contribution >= 4 is 24.0 Å². The van der Waals surface area contributed by atoms with Crippen molar-refractivity contribution in [2.75, 3.05) is 18.0 Å². The Hall–Kier alpha value is -1.13. The molecule has 3 nitrogen and oxygen atoms in total. The Morgan fingerprint density at radius 1 is 1.59 bits per heavy atom. The van der Waals surface area contributed by atoms with Crippen molar-refractivity contribution in [1.29, 1.82) is 0 Å². The monoisotopic (exact) mass is 258 g/mol. The summed E-state index contributed by atoms with van der Waals surface area (Å²) in [7, 11) is 0. The molecule has 1 unspecified atom stereocenters. The van der Waals surface area contributed by atoms with Gasteiger partial charge in [-0.25, -0.2) is 4.39 Å². The van der Waals surface area contributed by atoms with Gasteiger partial charge >= 0.3 is 0 Å². The normalized spacial score (nSPS) is 15.1. The van der Waals surface area contributed by atoms with E-state index in [2.05, 4.69) is 0 Å². The van der Waals surface area contributed by atoms with Crippen LogP contribution >= 0.6 is 12.4 Å². The van der Waals surface area contributed by atoms with Crippen LogP contribution in [0.25, 0.3) is 0 Å². The number of hydrogen-bond donors (Lipinski definition) is 1. The van der Waals surface area contributed by atoms with Crippen LogP contribution in [-0.2, 0) is 11.2 Å². The highest BCUT2D eigenvalue weighted by molar-refractivity contribution is 5.97.